The number of fused-ring (bicyclic) bond motifs is 2. The number of halogens is 2. The summed E-state index contributed by atoms with van der Waals surface area (Å²) in [4.78, 5) is 28.4. The number of nitrogens with two attached hydrogens (primary N) is 1. The van der Waals surface area contributed by atoms with E-state index in [0.29, 0.717) is 21.3 Å². The molecule has 1 fully saturated rings. The number of piperidine rings is 1. The Kier molecular flexibility index (Phi) is 9.55. The first-order chi connectivity index (χ1) is 20.9. The lowest BCUT2D eigenvalue weighted by Gasteiger charge is -2.36. The lowest BCUT2D eigenvalue weighted by Crippen LogP contribution is -2.68. The summed E-state index contributed by atoms with van der Waals surface area (Å²) >= 11 is 12.3. The van der Waals surface area contributed by atoms with E-state index in [4.69, 9.17) is 33.7 Å². The van der Waals surface area contributed by atoms with Crippen LogP contribution >= 0.6 is 23.2 Å². The quantitative estimate of drug-likeness (QED) is 0.295. The van der Waals surface area contributed by atoms with Crippen molar-refractivity contribution in [2.75, 3.05) is 32.4 Å². The van der Waals surface area contributed by atoms with E-state index in [1.165, 1.54) is 4.90 Å². The van der Waals surface area contributed by atoms with Crippen molar-refractivity contribution >= 4 is 50.9 Å². The number of ether oxygens (including phenoxy) is 1. The lowest BCUT2D eigenvalue weighted by molar-refractivity contribution is -0.125. The molecule has 0 bridgehead atoms. The average molecular weight is 662 g/mol. The number of nitrogens with zero attached hydrogens (tertiary/aromatic N) is 2. The molecule has 0 aliphatic carbocycles. The SMILES string of the molecule is CS(=O)(=O)[N+]1(NC(=O)C(N)CN(Cc2ccc(Cl)c(Cl)c2)C(=O)OCc2ccccc2)CC2(CCNCC2)c2ccccc21. The standard InChI is InChI=1S/C31H35Cl2N5O5S/c1-44(41,42)38(21-31(13-15-35-16-14-31)24-9-5-6-10-28(24)38)36-29(39)27(34)19-37(18-23-11-12-25(32)26(33)17-23)30(40)43-20-22-7-3-2-4-8-22/h2-12,17,27,35H,13-16,18-21,34H2,1H3/p+1. The van der Waals surface area contributed by atoms with E-state index in [1.54, 1.807) is 30.3 Å². The van der Waals surface area contributed by atoms with Crippen molar-refractivity contribution < 1.29 is 22.7 Å². The van der Waals surface area contributed by atoms with Crippen LogP contribution in [0.2, 0.25) is 10.0 Å². The van der Waals surface area contributed by atoms with Gasteiger partial charge in [0.2, 0.25) is 0 Å². The molecule has 0 aromatic heterocycles. The largest absolute Gasteiger partial charge is 0.445 e. The highest BCUT2D eigenvalue weighted by Gasteiger charge is 2.60. The van der Waals surface area contributed by atoms with Crippen molar-refractivity contribution in [1.29, 1.82) is 0 Å². The van der Waals surface area contributed by atoms with Crippen LogP contribution < -0.4 is 20.5 Å². The molecule has 0 radical (unpaired) electrons. The molecular formula is C31H36Cl2N5O5S+. The maximum absolute atomic E-state index is 13.8. The Bertz CT molecular complexity index is 1640. The second-order valence-corrected chi connectivity index (χ2v) is 14.3. The number of quaternary nitrogens is 1. The monoisotopic (exact) mass is 660 g/mol. The number of benzene rings is 3. The van der Waals surface area contributed by atoms with Crippen LogP contribution in [-0.2, 0) is 38.1 Å². The molecule has 3 aromatic carbocycles. The Morgan fingerprint density at radius 1 is 1.02 bits per heavy atom. The Labute approximate surface area is 267 Å². The predicted molar refractivity (Wildman–Crippen MR) is 171 cm³/mol. The predicted octanol–water partition coefficient (Wildman–Crippen LogP) is 4.09. The van der Waals surface area contributed by atoms with E-state index in [9.17, 15) is 18.0 Å². The minimum atomic E-state index is -3.93. The first kappa shape index (κ1) is 32.2. The summed E-state index contributed by atoms with van der Waals surface area (Å²) in [5.41, 5.74) is 11.6. The van der Waals surface area contributed by atoms with Gasteiger partial charge in [-0.05, 0) is 49.2 Å². The van der Waals surface area contributed by atoms with E-state index in [2.05, 4.69) is 10.7 Å². The molecule has 2 aliphatic rings. The molecule has 234 valence electrons. The maximum atomic E-state index is 13.8. The highest BCUT2D eigenvalue weighted by atomic mass is 35.5. The van der Waals surface area contributed by atoms with E-state index in [1.807, 2.05) is 42.5 Å². The van der Waals surface area contributed by atoms with Crippen LogP contribution in [-0.4, -0.2) is 63.8 Å². The number of amides is 2. The summed E-state index contributed by atoms with van der Waals surface area (Å²) in [6, 6.07) is 20.2. The van der Waals surface area contributed by atoms with Crippen LogP contribution in [0.3, 0.4) is 0 Å². The van der Waals surface area contributed by atoms with Gasteiger partial charge >= 0.3 is 16.1 Å². The summed E-state index contributed by atoms with van der Waals surface area (Å²) < 4.78 is 31.9. The molecular weight excluding hydrogens is 625 g/mol. The number of carbonyl (C=O) groups excluding carboxylic acids is 2. The van der Waals surface area contributed by atoms with Crippen LogP contribution in [0.4, 0.5) is 10.5 Å². The summed E-state index contributed by atoms with van der Waals surface area (Å²) in [7, 11) is -3.93. The number of nitrogens with one attached hydrogen (secondary N) is 2. The Hall–Kier alpha value is -3.19. The van der Waals surface area contributed by atoms with Crippen LogP contribution in [0.15, 0.2) is 72.8 Å². The molecule has 3 aromatic rings. The van der Waals surface area contributed by atoms with Gasteiger partial charge < -0.3 is 20.7 Å². The zero-order chi connectivity index (χ0) is 31.5. The van der Waals surface area contributed by atoms with Crippen LogP contribution in [0.25, 0.3) is 0 Å². The molecule has 2 amide bonds. The van der Waals surface area contributed by atoms with Crippen LogP contribution in [0, 0.1) is 0 Å². The summed E-state index contributed by atoms with van der Waals surface area (Å²) in [5, 5.41) is 4.01. The third-order valence-corrected chi connectivity index (χ3v) is 10.7. The van der Waals surface area contributed by atoms with Gasteiger partial charge in [-0.25, -0.2) is 4.79 Å². The molecule has 44 heavy (non-hydrogen) atoms. The highest BCUT2D eigenvalue weighted by molar-refractivity contribution is 7.90. The molecule has 10 nitrogen and oxygen atoms in total. The molecule has 1 saturated heterocycles. The summed E-state index contributed by atoms with van der Waals surface area (Å²) in [6.45, 7) is 1.41. The number of hydrogen-bond acceptors (Lipinski definition) is 7. The second-order valence-electron chi connectivity index (χ2n) is 11.4. The van der Waals surface area contributed by atoms with E-state index >= 15 is 0 Å². The average Bonchev–Trinajstić information content (AvgIpc) is 3.27. The lowest BCUT2D eigenvalue weighted by atomic mass is 9.75. The number of rotatable bonds is 9. The van der Waals surface area contributed by atoms with Crippen molar-refractivity contribution in [3.8, 4) is 0 Å². The molecule has 1 spiro atoms. The van der Waals surface area contributed by atoms with E-state index in [-0.39, 0.29) is 26.2 Å². The molecule has 0 saturated carbocycles. The van der Waals surface area contributed by atoms with Gasteiger partial charge in [0.1, 0.15) is 19.2 Å². The highest BCUT2D eigenvalue weighted by Crippen LogP contribution is 2.50. The van der Waals surface area contributed by atoms with Crippen molar-refractivity contribution in [3.05, 3.63) is 99.5 Å². The Balaban J connectivity index is 1.39. The van der Waals surface area contributed by atoms with Gasteiger partial charge in [-0.2, -0.15) is 13.8 Å². The van der Waals surface area contributed by atoms with Gasteiger partial charge in [0.25, 0.3) is 5.91 Å². The fourth-order valence-electron chi connectivity index (χ4n) is 6.10. The van der Waals surface area contributed by atoms with Crippen molar-refractivity contribution in [1.82, 2.24) is 19.6 Å². The third-order valence-electron chi connectivity index (χ3n) is 8.38. The van der Waals surface area contributed by atoms with Gasteiger partial charge in [0, 0.05) is 24.7 Å². The topological polar surface area (TPSA) is 131 Å². The van der Waals surface area contributed by atoms with Crippen LogP contribution in [0.5, 0.6) is 0 Å². The minimum Gasteiger partial charge on any atom is -0.445 e. The zero-order valence-corrected chi connectivity index (χ0v) is 26.7. The zero-order valence-electron chi connectivity index (χ0n) is 24.3. The molecule has 13 heteroatoms. The smallest absolute Gasteiger partial charge is 0.410 e. The normalized spacial score (nSPS) is 19.6. The number of sulfonamides is 1. The summed E-state index contributed by atoms with van der Waals surface area (Å²) in [5.74, 6) is -0.716. The van der Waals surface area contributed by atoms with E-state index < -0.39 is 37.5 Å². The van der Waals surface area contributed by atoms with Gasteiger partial charge in [-0.1, -0.05) is 81.8 Å². The molecule has 2 unspecified atom stereocenters. The fraction of sp³-hybridized carbons (Fsp3) is 0.355. The number of hydrogen-bond donors (Lipinski definition) is 3. The molecule has 2 heterocycles. The first-order valence-electron chi connectivity index (χ1n) is 14.3. The molecule has 2 aliphatic heterocycles. The second kappa shape index (κ2) is 13.0. The van der Waals surface area contributed by atoms with Crippen molar-refractivity contribution in [2.24, 2.45) is 5.73 Å². The summed E-state index contributed by atoms with van der Waals surface area (Å²) in [6.07, 6.45) is 1.88. The van der Waals surface area contributed by atoms with Gasteiger partial charge in [-0.15, -0.1) is 0 Å². The van der Waals surface area contributed by atoms with Crippen LogP contribution in [0.1, 0.15) is 29.5 Å². The molecule has 5 rings (SSSR count). The molecule has 4 N–H and O–H groups in total. The number of para-hydroxylation sites is 1. The van der Waals surface area contributed by atoms with Gasteiger partial charge in [0.05, 0.1) is 21.7 Å². The van der Waals surface area contributed by atoms with Crippen molar-refractivity contribution in [2.45, 2.75) is 37.5 Å². The maximum Gasteiger partial charge on any atom is 0.410 e. The minimum absolute atomic E-state index is 0.0147. The van der Waals surface area contributed by atoms with Crippen molar-refractivity contribution in [3.63, 3.8) is 0 Å². The molecule has 2 atom stereocenters. The van der Waals surface area contributed by atoms with Gasteiger partial charge in [-0.3, -0.25) is 4.79 Å². The first-order valence-corrected chi connectivity index (χ1v) is 16.9. The Morgan fingerprint density at radius 3 is 2.39 bits per heavy atom. The third kappa shape index (κ3) is 6.58. The van der Waals surface area contributed by atoms with E-state index in [0.717, 1.165) is 43.3 Å². The van der Waals surface area contributed by atoms with Gasteiger partial charge in [0.15, 0.2) is 5.69 Å². The Morgan fingerprint density at radius 2 is 1.70 bits per heavy atom. The fourth-order valence-corrected chi connectivity index (χ4v) is 7.67. The number of carbonyl (C=O) groups is 2.